The number of rotatable bonds is 1. The van der Waals surface area contributed by atoms with Gasteiger partial charge < -0.3 is 11.1 Å². The molecule has 3 rings (SSSR count). The molecular weight excluding hydrogens is 212 g/mol. The summed E-state index contributed by atoms with van der Waals surface area (Å²) in [4.78, 5) is 0. The maximum absolute atomic E-state index is 6.20. The Bertz CT molecular complexity index is 557. The largest absolute Gasteiger partial charge is 0.383 e. The Balaban J connectivity index is 2.16. The van der Waals surface area contributed by atoms with Crippen LogP contribution in [0.5, 0.6) is 0 Å². The van der Waals surface area contributed by atoms with Crippen molar-refractivity contribution < 1.29 is 0 Å². The van der Waals surface area contributed by atoms with E-state index < -0.39 is 0 Å². The Kier molecular flexibility index (Phi) is 2.37. The summed E-state index contributed by atoms with van der Waals surface area (Å²) >= 11 is 0. The molecule has 3 N–H and O–H groups in total. The smallest absolute Gasteiger partial charge is 0.130 e. The molecule has 0 fully saturated rings. The lowest BCUT2D eigenvalue weighted by atomic mass is 10.1. The van der Waals surface area contributed by atoms with Crippen LogP contribution < -0.4 is 11.1 Å². The van der Waals surface area contributed by atoms with Crippen LogP contribution in [0.1, 0.15) is 16.8 Å². The molecule has 2 heterocycles. The standard InChI is InChI=1S/C13H16N4/c1-9-4-2-3-5-12(9)17-13(14)10-6-7-15-8-11(10)16-17/h2-5,15H,6-8,14H2,1H3. The van der Waals surface area contributed by atoms with Gasteiger partial charge in [0.05, 0.1) is 11.4 Å². The molecule has 1 aromatic carbocycles. The topological polar surface area (TPSA) is 55.9 Å². The number of nitrogens with zero attached hydrogens (tertiary/aromatic N) is 2. The fourth-order valence-electron chi connectivity index (χ4n) is 2.33. The van der Waals surface area contributed by atoms with Crippen molar-refractivity contribution in [2.75, 3.05) is 12.3 Å². The van der Waals surface area contributed by atoms with Crippen LogP contribution in [0.15, 0.2) is 24.3 Å². The molecular formula is C13H16N4. The summed E-state index contributed by atoms with van der Waals surface area (Å²) in [7, 11) is 0. The molecule has 17 heavy (non-hydrogen) atoms. The van der Waals surface area contributed by atoms with Crippen molar-refractivity contribution in [1.82, 2.24) is 15.1 Å². The van der Waals surface area contributed by atoms with Crippen LogP contribution in [0, 0.1) is 6.92 Å². The first-order valence-electron chi connectivity index (χ1n) is 5.90. The van der Waals surface area contributed by atoms with Crippen LogP contribution >= 0.6 is 0 Å². The Morgan fingerprint density at radius 1 is 1.35 bits per heavy atom. The van der Waals surface area contributed by atoms with Crippen LogP contribution in [0.4, 0.5) is 5.82 Å². The highest BCUT2D eigenvalue weighted by Gasteiger charge is 2.19. The Hall–Kier alpha value is -1.81. The molecule has 0 amide bonds. The van der Waals surface area contributed by atoms with Crippen LogP contribution in [0.3, 0.4) is 0 Å². The number of hydrogen-bond acceptors (Lipinski definition) is 3. The molecule has 0 bridgehead atoms. The number of nitrogens with two attached hydrogens (primary N) is 1. The minimum atomic E-state index is 0.788. The predicted molar refractivity (Wildman–Crippen MR) is 68.1 cm³/mol. The molecule has 2 aromatic rings. The van der Waals surface area contributed by atoms with E-state index >= 15 is 0 Å². The minimum Gasteiger partial charge on any atom is -0.383 e. The number of aryl methyl sites for hydroxylation is 1. The maximum atomic E-state index is 6.20. The number of anilines is 1. The van der Waals surface area contributed by atoms with E-state index in [1.54, 1.807) is 0 Å². The van der Waals surface area contributed by atoms with Gasteiger partial charge in [0.2, 0.25) is 0 Å². The molecule has 0 spiro atoms. The van der Waals surface area contributed by atoms with Crippen molar-refractivity contribution in [1.29, 1.82) is 0 Å². The van der Waals surface area contributed by atoms with Gasteiger partial charge in [-0.25, -0.2) is 4.68 Å². The van der Waals surface area contributed by atoms with Crippen LogP contribution in [-0.4, -0.2) is 16.3 Å². The maximum Gasteiger partial charge on any atom is 0.130 e. The van der Waals surface area contributed by atoms with E-state index in [9.17, 15) is 0 Å². The van der Waals surface area contributed by atoms with Crippen molar-refractivity contribution in [2.45, 2.75) is 19.9 Å². The van der Waals surface area contributed by atoms with Crippen molar-refractivity contribution in [3.63, 3.8) is 0 Å². The fraction of sp³-hybridized carbons (Fsp3) is 0.308. The molecule has 88 valence electrons. The molecule has 0 saturated carbocycles. The summed E-state index contributed by atoms with van der Waals surface area (Å²) in [5.74, 6) is 0.788. The van der Waals surface area contributed by atoms with Crippen LogP contribution in [0.2, 0.25) is 0 Å². The lowest BCUT2D eigenvalue weighted by Gasteiger charge is -2.10. The second-order valence-corrected chi connectivity index (χ2v) is 4.44. The number of aromatic nitrogens is 2. The van der Waals surface area contributed by atoms with Gasteiger partial charge in [-0.1, -0.05) is 18.2 Å². The molecule has 0 atom stereocenters. The van der Waals surface area contributed by atoms with Gasteiger partial charge in [0.25, 0.3) is 0 Å². The number of hydrogen-bond donors (Lipinski definition) is 2. The highest BCUT2D eigenvalue weighted by atomic mass is 15.3. The van der Waals surface area contributed by atoms with E-state index in [1.165, 1.54) is 11.1 Å². The zero-order chi connectivity index (χ0) is 11.8. The Morgan fingerprint density at radius 3 is 2.94 bits per heavy atom. The first-order valence-corrected chi connectivity index (χ1v) is 5.90. The molecule has 4 heteroatoms. The lowest BCUT2D eigenvalue weighted by molar-refractivity contribution is 0.629. The summed E-state index contributed by atoms with van der Waals surface area (Å²) in [6.45, 7) is 3.88. The van der Waals surface area contributed by atoms with Crippen LogP contribution in [0.25, 0.3) is 5.69 Å². The van der Waals surface area contributed by atoms with Gasteiger partial charge in [-0.15, -0.1) is 0 Å². The van der Waals surface area contributed by atoms with Crippen molar-refractivity contribution in [3.8, 4) is 5.69 Å². The van der Waals surface area contributed by atoms with Gasteiger partial charge in [-0.05, 0) is 31.5 Å². The number of nitrogens with one attached hydrogen (secondary N) is 1. The summed E-state index contributed by atoms with van der Waals surface area (Å²) in [6.07, 6.45) is 0.965. The van der Waals surface area contributed by atoms with Crippen LogP contribution in [-0.2, 0) is 13.0 Å². The summed E-state index contributed by atoms with van der Waals surface area (Å²) in [5.41, 5.74) is 10.7. The first kappa shape index (κ1) is 10.4. The van der Waals surface area contributed by atoms with Gasteiger partial charge >= 0.3 is 0 Å². The third-order valence-corrected chi connectivity index (χ3v) is 3.29. The molecule has 4 nitrogen and oxygen atoms in total. The van der Waals surface area contributed by atoms with Gasteiger partial charge in [0, 0.05) is 12.1 Å². The van der Waals surface area contributed by atoms with Gasteiger partial charge in [0.1, 0.15) is 5.82 Å². The average molecular weight is 228 g/mol. The molecule has 1 aliphatic heterocycles. The van der Waals surface area contributed by atoms with Crippen molar-refractivity contribution in [3.05, 3.63) is 41.1 Å². The van der Waals surface area contributed by atoms with E-state index in [1.807, 2.05) is 16.8 Å². The first-order chi connectivity index (χ1) is 8.27. The van der Waals surface area contributed by atoms with Gasteiger partial charge in [-0.3, -0.25) is 0 Å². The Labute approximate surface area is 100 Å². The van der Waals surface area contributed by atoms with Crippen molar-refractivity contribution >= 4 is 5.82 Å². The predicted octanol–water partition coefficient (Wildman–Crippen LogP) is 1.41. The second kappa shape index (κ2) is 3.89. The normalized spacial score (nSPS) is 14.6. The second-order valence-electron chi connectivity index (χ2n) is 4.44. The molecule has 0 radical (unpaired) electrons. The number of para-hydroxylation sites is 1. The van der Waals surface area contributed by atoms with Gasteiger partial charge in [0.15, 0.2) is 0 Å². The zero-order valence-corrected chi connectivity index (χ0v) is 9.90. The quantitative estimate of drug-likeness (QED) is 0.776. The number of nitrogen functional groups attached to an aromatic ring is 1. The summed E-state index contributed by atoms with van der Waals surface area (Å²) < 4.78 is 1.87. The fourth-order valence-corrected chi connectivity index (χ4v) is 2.33. The minimum absolute atomic E-state index is 0.788. The zero-order valence-electron chi connectivity index (χ0n) is 9.90. The van der Waals surface area contributed by atoms with E-state index in [0.29, 0.717) is 0 Å². The molecule has 1 aromatic heterocycles. The lowest BCUT2D eigenvalue weighted by Crippen LogP contribution is -2.23. The van der Waals surface area contributed by atoms with E-state index in [4.69, 9.17) is 5.73 Å². The van der Waals surface area contributed by atoms with Crippen molar-refractivity contribution in [2.24, 2.45) is 0 Å². The van der Waals surface area contributed by atoms with E-state index in [0.717, 1.165) is 36.7 Å². The number of fused-ring (bicyclic) bond motifs is 1. The summed E-state index contributed by atoms with van der Waals surface area (Å²) in [6, 6.07) is 8.17. The Morgan fingerprint density at radius 2 is 2.18 bits per heavy atom. The molecule has 0 aliphatic carbocycles. The molecule has 0 unspecified atom stereocenters. The highest BCUT2D eigenvalue weighted by Crippen LogP contribution is 2.24. The highest BCUT2D eigenvalue weighted by molar-refractivity contribution is 5.53. The van der Waals surface area contributed by atoms with E-state index in [-0.39, 0.29) is 0 Å². The third kappa shape index (κ3) is 1.61. The SMILES string of the molecule is Cc1ccccc1-n1nc2c(c1N)CCNC2. The monoisotopic (exact) mass is 228 g/mol. The summed E-state index contributed by atoms with van der Waals surface area (Å²) in [5, 5.41) is 7.93. The molecule has 0 saturated heterocycles. The van der Waals surface area contributed by atoms with Gasteiger partial charge in [-0.2, -0.15) is 5.10 Å². The molecule has 1 aliphatic rings. The average Bonchev–Trinajstić information content (AvgIpc) is 2.68. The number of benzene rings is 1. The third-order valence-electron chi connectivity index (χ3n) is 3.29. The van der Waals surface area contributed by atoms with E-state index in [2.05, 4.69) is 29.5 Å².